The maximum Gasteiger partial charge on any atom is 0.306 e. The lowest BCUT2D eigenvalue weighted by atomic mass is 10.1. The number of aliphatic hydroxyl groups is 1. The van der Waals surface area contributed by atoms with Crippen molar-refractivity contribution in [2.75, 3.05) is 65.7 Å². The highest BCUT2D eigenvalue weighted by atomic mass is 16.5. The van der Waals surface area contributed by atoms with Gasteiger partial charge in [-0.2, -0.15) is 0 Å². The Labute approximate surface area is 330 Å². The van der Waals surface area contributed by atoms with E-state index in [9.17, 15) is 19.5 Å². The average molecular weight is 761 g/mol. The van der Waals surface area contributed by atoms with Gasteiger partial charge in [0.2, 0.25) is 0 Å². The van der Waals surface area contributed by atoms with Gasteiger partial charge >= 0.3 is 11.9 Å². The van der Waals surface area contributed by atoms with Crippen molar-refractivity contribution < 1.29 is 33.7 Å². The van der Waals surface area contributed by atoms with E-state index in [1.54, 1.807) is 0 Å². The van der Waals surface area contributed by atoms with Crippen LogP contribution in [-0.2, 0) is 28.6 Å². The fourth-order valence-corrected chi connectivity index (χ4v) is 6.18. The molecule has 0 saturated carbocycles. The summed E-state index contributed by atoms with van der Waals surface area (Å²) in [4.78, 5) is 40.0. The molecular formula is C45H80N2O7. The summed E-state index contributed by atoms with van der Waals surface area (Å²) in [6, 6.07) is 0. The van der Waals surface area contributed by atoms with Gasteiger partial charge in [0, 0.05) is 25.8 Å². The molecular weight excluding hydrogens is 681 g/mol. The predicted molar refractivity (Wildman–Crippen MR) is 223 cm³/mol. The number of hydrogen-bond acceptors (Lipinski definition) is 9. The number of rotatable bonds is 40. The van der Waals surface area contributed by atoms with Crippen LogP contribution in [0.3, 0.4) is 0 Å². The van der Waals surface area contributed by atoms with Gasteiger partial charge in [0.15, 0.2) is 11.7 Å². The molecule has 54 heavy (non-hydrogen) atoms. The molecule has 0 radical (unpaired) electrons. The average Bonchev–Trinajstić information content (AvgIpc) is 3.17. The Morgan fingerprint density at radius 1 is 0.463 bits per heavy atom. The number of unbranched alkanes of at least 4 members (excludes halogenated alkanes) is 12. The van der Waals surface area contributed by atoms with Crippen LogP contribution in [0, 0.1) is 0 Å². The molecule has 0 aromatic carbocycles. The topological polar surface area (TPSA) is 106 Å². The Kier molecular flexibility index (Phi) is 39.4. The van der Waals surface area contributed by atoms with Crippen LogP contribution in [-0.4, -0.2) is 98.5 Å². The number of aliphatic hydroxyl groups excluding tert-OH is 1. The molecule has 312 valence electrons. The highest BCUT2D eigenvalue weighted by Gasteiger charge is 2.10. The second-order valence-corrected chi connectivity index (χ2v) is 14.2. The molecule has 0 aromatic heterocycles. The van der Waals surface area contributed by atoms with Crippen LogP contribution >= 0.6 is 0 Å². The van der Waals surface area contributed by atoms with Crippen LogP contribution < -0.4 is 0 Å². The van der Waals surface area contributed by atoms with Crippen LogP contribution in [0.15, 0.2) is 42.2 Å². The minimum atomic E-state index is -0.101. The fourth-order valence-electron chi connectivity index (χ4n) is 6.18. The summed E-state index contributed by atoms with van der Waals surface area (Å²) < 4.78 is 16.0. The van der Waals surface area contributed by atoms with E-state index in [1.165, 1.54) is 12.8 Å². The van der Waals surface area contributed by atoms with E-state index in [4.69, 9.17) is 14.2 Å². The molecule has 0 bridgehead atoms. The lowest BCUT2D eigenvalue weighted by molar-refractivity contribution is -0.143. The third-order valence-corrected chi connectivity index (χ3v) is 9.31. The third kappa shape index (κ3) is 36.3. The van der Waals surface area contributed by atoms with Crippen molar-refractivity contribution >= 4 is 17.9 Å². The van der Waals surface area contributed by atoms with E-state index in [-0.39, 0.29) is 18.5 Å². The normalized spacial score (nSPS) is 11.7. The van der Waals surface area contributed by atoms with Crippen molar-refractivity contribution in [3.8, 4) is 0 Å². The van der Waals surface area contributed by atoms with Gasteiger partial charge in [-0.15, -0.1) is 0 Å². The van der Waals surface area contributed by atoms with Crippen molar-refractivity contribution in [2.45, 2.75) is 162 Å². The first-order valence-electron chi connectivity index (χ1n) is 21.7. The first kappa shape index (κ1) is 51.3. The van der Waals surface area contributed by atoms with E-state index in [0.717, 1.165) is 142 Å². The molecule has 0 spiro atoms. The van der Waals surface area contributed by atoms with Gasteiger partial charge in [-0.05, 0) is 96.9 Å². The van der Waals surface area contributed by atoms with Gasteiger partial charge in [0.1, 0.15) is 19.8 Å². The van der Waals surface area contributed by atoms with Crippen molar-refractivity contribution in [2.24, 2.45) is 0 Å². The Morgan fingerprint density at radius 3 is 1.22 bits per heavy atom. The SMILES string of the molecule is CC/C=C\COC(=O)CCCCCCCN(CCCCCCCC(=O)OC/C=C\CC)CCCN(CCO)CCCCCCCC(=C=O)OC/C=C\CC. The number of nitrogens with zero attached hydrogens (tertiary/aromatic N) is 2. The summed E-state index contributed by atoms with van der Waals surface area (Å²) in [6.07, 6.45) is 33.6. The van der Waals surface area contributed by atoms with Crippen molar-refractivity contribution in [1.82, 2.24) is 9.80 Å². The first-order valence-corrected chi connectivity index (χ1v) is 21.7. The second-order valence-electron chi connectivity index (χ2n) is 14.2. The number of carbonyl (C=O) groups is 2. The van der Waals surface area contributed by atoms with Gasteiger partial charge in [-0.3, -0.25) is 9.59 Å². The molecule has 0 unspecified atom stereocenters. The number of hydrogen-bond donors (Lipinski definition) is 1. The molecule has 0 heterocycles. The zero-order valence-electron chi connectivity index (χ0n) is 34.9. The molecule has 0 amide bonds. The summed E-state index contributed by atoms with van der Waals surface area (Å²) in [5.41, 5.74) is 0. The van der Waals surface area contributed by atoms with Crippen LogP contribution in [0.4, 0.5) is 0 Å². The van der Waals surface area contributed by atoms with Crippen molar-refractivity contribution in [3.63, 3.8) is 0 Å². The summed E-state index contributed by atoms with van der Waals surface area (Å²) in [5.74, 6) is 2.17. The minimum Gasteiger partial charge on any atom is -0.482 e. The van der Waals surface area contributed by atoms with Crippen LogP contribution in [0.1, 0.15) is 162 Å². The van der Waals surface area contributed by atoms with E-state index in [0.29, 0.717) is 51.4 Å². The number of ether oxygens (including phenoxy) is 3. The molecule has 0 aromatic rings. The zero-order valence-corrected chi connectivity index (χ0v) is 34.9. The first-order chi connectivity index (χ1) is 26.5. The molecule has 0 atom stereocenters. The third-order valence-electron chi connectivity index (χ3n) is 9.31. The maximum absolute atomic E-state index is 11.9. The fraction of sp³-hybridized carbons (Fsp3) is 0.778. The molecule has 0 aliphatic carbocycles. The quantitative estimate of drug-likeness (QED) is 0.0215. The number of carbonyl (C=O) groups excluding carboxylic acids is 3. The van der Waals surface area contributed by atoms with E-state index in [2.05, 4.69) is 30.6 Å². The number of allylic oxidation sites excluding steroid dienone is 4. The molecule has 9 nitrogen and oxygen atoms in total. The zero-order chi connectivity index (χ0) is 39.6. The Balaban J connectivity index is 4.52. The molecule has 0 saturated heterocycles. The van der Waals surface area contributed by atoms with Gasteiger partial charge in [0.05, 0.1) is 6.61 Å². The Bertz CT molecular complexity index is 962. The highest BCUT2D eigenvalue weighted by Crippen LogP contribution is 2.13. The van der Waals surface area contributed by atoms with Crippen LogP contribution in [0.2, 0.25) is 0 Å². The molecule has 0 rings (SSSR count). The number of esters is 2. The standard InChI is InChI=1S/C45H80N2O7/c1-4-7-25-39-52-43(42-49)29-19-13-10-16-24-34-47(37-38-48)36-28-35-46(32-22-17-11-14-20-30-44(50)53-40-26-8-5-2)33-23-18-12-15-21-31-45(51)54-41-27-9-6-3/h7-9,25-27,48H,4-6,10-24,28-41H2,1-3H3/b25-7-,26-8-,27-9-. The van der Waals surface area contributed by atoms with Crippen molar-refractivity contribution in [3.05, 3.63) is 42.2 Å². The smallest absolute Gasteiger partial charge is 0.306 e. The van der Waals surface area contributed by atoms with Gasteiger partial charge in [-0.25, -0.2) is 4.79 Å². The van der Waals surface area contributed by atoms with Crippen LogP contribution in [0.5, 0.6) is 0 Å². The van der Waals surface area contributed by atoms with E-state index >= 15 is 0 Å². The van der Waals surface area contributed by atoms with E-state index < -0.39 is 0 Å². The Morgan fingerprint density at radius 2 is 0.815 bits per heavy atom. The van der Waals surface area contributed by atoms with Crippen molar-refractivity contribution in [1.29, 1.82) is 0 Å². The summed E-state index contributed by atoms with van der Waals surface area (Å²) in [6.45, 7) is 13.5. The highest BCUT2D eigenvalue weighted by molar-refractivity contribution is 5.69. The monoisotopic (exact) mass is 761 g/mol. The molecule has 0 aliphatic rings. The molecule has 9 heteroatoms. The molecule has 0 aliphatic heterocycles. The van der Waals surface area contributed by atoms with Crippen LogP contribution in [0.25, 0.3) is 0 Å². The molecule has 1 N–H and O–H groups in total. The van der Waals surface area contributed by atoms with Gasteiger partial charge in [-0.1, -0.05) is 115 Å². The maximum atomic E-state index is 11.9. The lowest BCUT2D eigenvalue weighted by Crippen LogP contribution is -2.33. The summed E-state index contributed by atoms with van der Waals surface area (Å²) in [7, 11) is 0. The van der Waals surface area contributed by atoms with Gasteiger partial charge in [0.25, 0.3) is 0 Å². The largest absolute Gasteiger partial charge is 0.482 e. The lowest BCUT2D eigenvalue weighted by Gasteiger charge is -2.26. The summed E-state index contributed by atoms with van der Waals surface area (Å²) in [5, 5.41) is 9.71. The minimum absolute atomic E-state index is 0.101. The predicted octanol–water partition coefficient (Wildman–Crippen LogP) is 9.71. The van der Waals surface area contributed by atoms with E-state index in [1.807, 2.05) is 42.4 Å². The molecule has 0 fully saturated rings. The second kappa shape index (κ2) is 41.5. The Hall–Kier alpha value is -2.71. The van der Waals surface area contributed by atoms with Gasteiger partial charge < -0.3 is 29.1 Å². The summed E-state index contributed by atoms with van der Waals surface area (Å²) >= 11 is 0.